The number of carbonyl (C=O) groups excluding carboxylic acids is 1. The highest BCUT2D eigenvalue weighted by atomic mass is 16.5. The third-order valence-corrected chi connectivity index (χ3v) is 5.14. The molecule has 30 heavy (non-hydrogen) atoms. The number of amides is 1. The molecule has 1 heterocycles. The Labute approximate surface area is 177 Å². The maximum absolute atomic E-state index is 11.0. The Morgan fingerprint density at radius 2 is 1.60 bits per heavy atom. The van der Waals surface area contributed by atoms with Crippen molar-refractivity contribution < 1.29 is 14.7 Å². The minimum absolute atomic E-state index is 0.297. The lowest BCUT2D eigenvalue weighted by molar-refractivity contribution is -0.124. The number of nitrogens with one attached hydrogen (secondary N) is 1. The molecule has 0 aliphatic carbocycles. The van der Waals surface area contributed by atoms with Gasteiger partial charge in [-0.15, -0.1) is 0 Å². The summed E-state index contributed by atoms with van der Waals surface area (Å²) in [7, 11) is 2.15. The van der Waals surface area contributed by atoms with Gasteiger partial charge in [0.15, 0.2) is 0 Å². The first-order valence-electron chi connectivity index (χ1n) is 10.1. The van der Waals surface area contributed by atoms with E-state index in [9.17, 15) is 4.79 Å². The van der Waals surface area contributed by atoms with Crippen molar-refractivity contribution in [3.05, 3.63) is 84.0 Å². The predicted octanol–water partition coefficient (Wildman–Crippen LogP) is 4.40. The van der Waals surface area contributed by atoms with Gasteiger partial charge in [-0.2, -0.15) is 0 Å². The average Bonchev–Trinajstić information content (AvgIpc) is 2.78. The second-order valence-corrected chi connectivity index (χ2v) is 7.48. The van der Waals surface area contributed by atoms with Crippen molar-refractivity contribution in [3.63, 3.8) is 0 Å². The molecule has 1 amide bonds. The highest BCUT2D eigenvalue weighted by Crippen LogP contribution is 2.22. The second kappa shape index (κ2) is 10.6. The summed E-state index contributed by atoms with van der Waals surface area (Å²) in [5.41, 5.74) is 5.44. The number of benzene rings is 2. The highest BCUT2D eigenvalue weighted by Gasteiger charge is 2.17. The van der Waals surface area contributed by atoms with E-state index in [2.05, 4.69) is 18.5 Å². The van der Waals surface area contributed by atoms with Gasteiger partial charge >= 0.3 is 0 Å². The molecule has 0 atom stereocenters. The van der Waals surface area contributed by atoms with Crippen LogP contribution < -0.4 is 10.2 Å². The molecule has 1 aliphatic rings. The van der Waals surface area contributed by atoms with Crippen LogP contribution in [0.4, 0.5) is 0 Å². The minimum Gasteiger partial charge on any atom is -0.490 e. The van der Waals surface area contributed by atoms with Gasteiger partial charge in [-0.1, -0.05) is 55.1 Å². The van der Waals surface area contributed by atoms with Gasteiger partial charge in [0.05, 0.1) is 0 Å². The summed E-state index contributed by atoms with van der Waals surface area (Å²) < 4.78 is 6.10. The first-order chi connectivity index (χ1) is 14.5. The second-order valence-electron chi connectivity index (χ2n) is 7.48. The Morgan fingerprint density at radius 1 is 1.03 bits per heavy atom. The number of allylic oxidation sites excluding steroid dienone is 2. The van der Waals surface area contributed by atoms with E-state index in [0.717, 1.165) is 53.9 Å². The Morgan fingerprint density at radius 3 is 2.17 bits per heavy atom. The summed E-state index contributed by atoms with van der Waals surface area (Å²) in [6.07, 6.45) is 9.31. The summed E-state index contributed by atoms with van der Waals surface area (Å²) >= 11 is 0. The van der Waals surface area contributed by atoms with Crippen LogP contribution in [0.1, 0.15) is 29.5 Å². The molecule has 1 fully saturated rings. The van der Waals surface area contributed by atoms with E-state index in [4.69, 9.17) is 9.94 Å². The molecule has 0 unspecified atom stereocenters. The summed E-state index contributed by atoms with van der Waals surface area (Å²) in [5.74, 6) is 0.349. The van der Waals surface area contributed by atoms with Crippen LogP contribution in [0.15, 0.2) is 67.3 Å². The van der Waals surface area contributed by atoms with E-state index in [1.165, 1.54) is 6.08 Å². The molecular weight excluding hydrogens is 376 g/mol. The monoisotopic (exact) mass is 404 g/mol. The quantitative estimate of drug-likeness (QED) is 0.311. The molecule has 156 valence electrons. The minimum atomic E-state index is -0.557. The normalized spacial score (nSPS) is 15.5. The number of hydrogen-bond acceptors (Lipinski definition) is 4. The fourth-order valence-electron chi connectivity index (χ4n) is 3.26. The van der Waals surface area contributed by atoms with Crippen molar-refractivity contribution in [1.82, 2.24) is 10.4 Å². The number of rotatable bonds is 7. The Hall–Kier alpha value is -3.15. The third kappa shape index (κ3) is 6.44. The highest BCUT2D eigenvalue weighted by molar-refractivity contribution is 5.90. The molecule has 1 aliphatic heterocycles. The van der Waals surface area contributed by atoms with Crippen LogP contribution in [0.3, 0.4) is 0 Å². The van der Waals surface area contributed by atoms with Crippen molar-refractivity contribution in [2.24, 2.45) is 0 Å². The number of hydrogen-bond donors (Lipinski definition) is 2. The molecule has 5 heteroatoms. The van der Waals surface area contributed by atoms with Crippen LogP contribution in [0.5, 0.6) is 5.75 Å². The zero-order chi connectivity index (χ0) is 21.3. The third-order valence-electron chi connectivity index (χ3n) is 5.14. The Bertz CT molecular complexity index is 906. The van der Waals surface area contributed by atoms with Crippen LogP contribution in [-0.2, 0) is 4.79 Å². The van der Waals surface area contributed by atoms with Gasteiger partial charge in [0.1, 0.15) is 11.9 Å². The lowest BCUT2D eigenvalue weighted by Crippen LogP contribution is -2.35. The van der Waals surface area contributed by atoms with Gasteiger partial charge in [-0.3, -0.25) is 10.0 Å². The van der Waals surface area contributed by atoms with E-state index in [0.29, 0.717) is 6.10 Å². The molecule has 0 bridgehead atoms. The summed E-state index contributed by atoms with van der Waals surface area (Å²) in [6, 6.07) is 15.8. The van der Waals surface area contributed by atoms with Gasteiger partial charge in [0.25, 0.3) is 5.91 Å². The number of piperidine rings is 1. The SMILES string of the molecule is C=C(/C=C/c1ccc(/C=C/C(=O)NO)cc1)c1ccc(OC2CCN(C)CC2)cc1. The van der Waals surface area contributed by atoms with Crippen molar-refractivity contribution in [1.29, 1.82) is 0 Å². The summed E-state index contributed by atoms with van der Waals surface area (Å²) in [6.45, 7) is 6.32. The summed E-state index contributed by atoms with van der Waals surface area (Å²) in [4.78, 5) is 13.4. The molecule has 3 rings (SSSR count). The molecule has 0 aromatic heterocycles. The molecule has 0 radical (unpaired) electrons. The smallest absolute Gasteiger partial charge is 0.267 e. The Kier molecular flexibility index (Phi) is 7.60. The van der Waals surface area contributed by atoms with Crippen molar-refractivity contribution >= 4 is 23.6 Å². The summed E-state index contributed by atoms with van der Waals surface area (Å²) in [5, 5.41) is 8.49. The zero-order valence-corrected chi connectivity index (χ0v) is 17.3. The van der Waals surface area contributed by atoms with Gasteiger partial charge in [-0.25, -0.2) is 5.48 Å². The lowest BCUT2D eigenvalue weighted by Gasteiger charge is -2.29. The molecule has 2 aromatic rings. The average molecular weight is 405 g/mol. The van der Waals surface area contributed by atoms with Crippen LogP contribution in [0, 0.1) is 0 Å². The van der Waals surface area contributed by atoms with Gasteiger partial charge in [0.2, 0.25) is 0 Å². The van der Waals surface area contributed by atoms with Gasteiger partial charge in [0, 0.05) is 19.2 Å². The molecule has 0 spiro atoms. The van der Waals surface area contributed by atoms with Gasteiger partial charge in [-0.05, 0) is 60.4 Å². The molecular formula is C25H28N2O3. The van der Waals surface area contributed by atoms with Crippen molar-refractivity contribution in [2.45, 2.75) is 18.9 Å². The van der Waals surface area contributed by atoms with E-state index < -0.39 is 5.91 Å². The Balaban J connectivity index is 1.54. The van der Waals surface area contributed by atoms with E-state index >= 15 is 0 Å². The molecule has 0 saturated carbocycles. The van der Waals surface area contributed by atoms with E-state index in [1.807, 2.05) is 60.7 Å². The molecule has 5 nitrogen and oxygen atoms in total. The number of hydroxylamine groups is 1. The largest absolute Gasteiger partial charge is 0.490 e. The zero-order valence-electron chi connectivity index (χ0n) is 17.3. The van der Waals surface area contributed by atoms with Crippen molar-refractivity contribution in [3.8, 4) is 5.75 Å². The number of nitrogens with zero attached hydrogens (tertiary/aromatic N) is 1. The fraction of sp³-hybridized carbons (Fsp3) is 0.240. The predicted molar refractivity (Wildman–Crippen MR) is 121 cm³/mol. The topological polar surface area (TPSA) is 61.8 Å². The first kappa shape index (κ1) is 21.6. The van der Waals surface area contributed by atoms with E-state index in [1.54, 1.807) is 11.6 Å². The molecule has 2 aromatic carbocycles. The van der Waals surface area contributed by atoms with Crippen LogP contribution in [0.25, 0.3) is 17.7 Å². The van der Waals surface area contributed by atoms with Crippen LogP contribution in [0.2, 0.25) is 0 Å². The fourth-order valence-corrected chi connectivity index (χ4v) is 3.26. The van der Waals surface area contributed by atoms with E-state index in [-0.39, 0.29) is 0 Å². The van der Waals surface area contributed by atoms with Crippen LogP contribution >= 0.6 is 0 Å². The van der Waals surface area contributed by atoms with Gasteiger partial charge < -0.3 is 9.64 Å². The lowest BCUT2D eigenvalue weighted by atomic mass is 10.0. The number of ether oxygens (including phenoxy) is 1. The number of carbonyl (C=O) groups is 1. The maximum atomic E-state index is 11.0. The standard InChI is InChI=1S/C25H28N2O3/c1-19(3-4-20-5-7-21(8-6-20)9-14-25(28)26-29)22-10-12-23(13-11-22)30-24-15-17-27(2)18-16-24/h3-14,24,29H,1,15-18H2,2H3,(H,26,28)/b4-3+,14-9+. The van der Waals surface area contributed by atoms with Crippen molar-refractivity contribution in [2.75, 3.05) is 20.1 Å². The first-order valence-corrected chi connectivity index (χ1v) is 10.1. The number of likely N-dealkylation sites (tertiary alicyclic amines) is 1. The molecule has 2 N–H and O–H groups in total. The maximum Gasteiger partial charge on any atom is 0.267 e. The van der Waals surface area contributed by atoms with Crippen LogP contribution in [-0.4, -0.2) is 42.3 Å². The molecule has 1 saturated heterocycles.